The molecule has 0 radical (unpaired) electrons. The Morgan fingerprint density at radius 1 is 1.43 bits per heavy atom. The maximum Gasteiger partial charge on any atom is 0.489 e. The molecule has 3 N–H and O–H groups in total. The van der Waals surface area contributed by atoms with Gasteiger partial charge in [0.15, 0.2) is 0 Å². The van der Waals surface area contributed by atoms with Crippen LogP contribution in [0.5, 0.6) is 0 Å². The van der Waals surface area contributed by atoms with Crippen molar-refractivity contribution in [2.24, 2.45) is 0 Å². The van der Waals surface area contributed by atoms with E-state index < -0.39 is 7.12 Å². The monoisotopic (exact) mass is 190 g/mol. The minimum absolute atomic E-state index is 0.554. The number of rotatable bonds is 2. The van der Waals surface area contributed by atoms with Crippen LogP contribution >= 0.6 is 0 Å². The van der Waals surface area contributed by atoms with Crippen LogP contribution in [0.3, 0.4) is 0 Å². The van der Waals surface area contributed by atoms with Crippen molar-refractivity contribution < 1.29 is 10.0 Å². The summed E-state index contributed by atoms with van der Waals surface area (Å²) in [6.07, 6.45) is 2.39. The van der Waals surface area contributed by atoms with E-state index in [1.807, 2.05) is 19.1 Å². The predicted octanol–water partition coefficient (Wildman–Crippen LogP) is -0.195. The molecule has 14 heavy (non-hydrogen) atoms. The number of fused-ring (bicyclic) bond motifs is 1. The summed E-state index contributed by atoms with van der Waals surface area (Å²) < 4.78 is 0. The minimum atomic E-state index is -1.44. The van der Waals surface area contributed by atoms with Gasteiger partial charge in [0.25, 0.3) is 0 Å². The van der Waals surface area contributed by atoms with Gasteiger partial charge in [0, 0.05) is 5.39 Å². The maximum absolute atomic E-state index is 9.27. The molecule has 0 fully saturated rings. The summed E-state index contributed by atoms with van der Waals surface area (Å²) in [4.78, 5) is 0. The molecule has 0 aliphatic heterocycles. The molecule has 0 aliphatic carbocycles. The fraction of sp³-hybridized carbons (Fsp3) is 0.222. The number of aromatic nitrogens is 2. The standard InChI is InChI=1S/C9H11BN2O2/c1-2-6-3-4-8-7(5-11-12-8)9(6)10(13)14/h3-5,13-14H,2H2,1H3,(H,11,12). The topological polar surface area (TPSA) is 69.1 Å². The number of aromatic amines is 1. The van der Waals surface area contributed by atoms with Gasteiger partial charge in [-0.25, -0.2) is 0 Å². The average molecular weight is 190 g/mol. The first-order chi connectivity index (χ1) is 6.74. The summed E-state index contributed by atoms with van der Waals surface area (Å²) in [6, 6.07) is 3.78. The molecule has 0 saturated carbocycles. The van der Waals surface area contributed by atoms with E-state index in [0.717, 1.165) is 22.9 Å². The lowest BCUT2D eigenvalue weighted by molar-refractivity contribution is 0.426. The van der Waals surface area contributed by atoms with Gasteiger partial charge in [-0.2, -0.15) is 5.10 Å². The summed E-state index contributed by atoms with van der Waals surface area (Å²) in [5, 5.41) is 26.0. The molecule has 72 valence electrons. The highest BCUT2D eigenvalue weighted by Crippen LogP contribution is 2.11. The zero-order valence-corrected chi connectivity index (χ0v) is 7.86. The van der Waals surface area contributed by atoms with Crippen molar-refractivity contribution in [2.45, 2.75) is 13.3 Å². The Morgan fingerprint density at radius 3 is 2.86 bits per heavy atom. The normalized spacial score (nSPS) is 10.8. The molecule has 0 atom stereocenters. The second-order valence-electron chi connectivity index (χ2n) is 3.20. The quantitative estimate of drug-likeness (QED) is 0.574. The Morgan fingerprint density at radius 2 is 2.21 bits per heavy atom. The summed E-state index contributed by atoms with van der Waals surface area (Å²) in [6.45, 7) is 1.98. The van der Waals surface area contributed by atoms with Crippen LogP contribution in [0.25, 0.3) is 10.9 Å². The summed E-state index contributed by atoms with van der Waals surface area (Å²) >= 11 is 0. The zero-order chi connectivity index (χ0) is 10.1. The van der Waals surface area contributed by atoms with E-state index in [9.17, 15) is 10.0 Å². The molecule has 1 heterocycles. The molecule has 1 aromatic carbocycles. The number of nitrogens with zero attached hydrogens (tertiary/aromatic N) is 1. The Hall–Kier alpha value is -1.33. The second kappa shape index (κ2) is 3.44. The summed E-state index contributed by atoms with van der Waals surface area (Å²) in [7, 11) is -1.44. The number of nitrogens with one attached hydrogen (secondary N) is 1. The third-order valence-corrected chi connectivity index (χ3v) is 2.40. The van der Waals surface area contributed by atoms with Crippen molar-refractivity contribution in [1.82, 2.24) is 10.2 Å². The Bertz CT molecular complexity index is 453. The molecule has 2 aromatic rings. The van der Waals surface area contributed by atoms with E-state index in [2.05, 4.69) is 10.2 Å². The molecule has 0 amide bonds. The fourth-order valence-corrected chi connectivity index (χ4v) is 1.70. The number of benzene rings is 1. The molecule has 0 unspecified atom stereocenters. The van der Waals surface area contributed by atoms with Gasteiger partial charge < -0.3 is 10.0 Å². The van der Waals surface area contributed by atoms with Crippen LogP contribution < -0.4 is 5.46 Å². The Balaban J connectivity index is 2.75. The molecule has 1 aromatic heterocycles. The average Bonchev–Trinajstić information content (AvgIpc) is 2.62. The first-order valence-electron chi connectivity index (χ1n) is 4.55. The van der Waals surface area contributed by atoms with E-state index in [1.54, 1.807) is 6.20 Å². The van der Waals surface area contributed by atoms with Crippen LogP contribution in [-0.2, 0) is 6.42 Å². The molecular formula is C9H11BN2O2. The van der Waals surface area contributed by atoms with Gasteiger partial charge in [-0.05, 0) is 23.5 Å². The minimum Gasteiger partial charge on any atom is -0.423 e. The van der Waals surface area contributed by atoms with Gasteiger partial charge in [0.1, 0.15) is 0 Å². The van der Waals surface area contributed by atoms with Crippen molar-refractivity contribution >= 4 is 23.5 Å². The summed E-state index contributed by atoms with van der Waals surface area (Å²) in [5.41, 5.74) is 2.32. The smallest absolute Gasteiger partial charge is 0.423 e. The molecule has 5 heteroatoms. The van der Waals surface area contributed by atoms with E-state index >= 15 is 0 Å². The fourth-order valence-electron chi connectivity index (χ4n) is 1.70. The molecule has 4 nitrogen and oxygen atoms in total. The second-order valence-corrected chi connectivity index (χ2v) is 3.20. The third-order valence-electron chi connectivity index (χ3n) is 2.40. The lowest BCUT2D eigenvalue weighted by Gasteiger charge is -2.07. The number of hydrogen-bond acceptors (Lipinski definition) is 3. The van der Waals surface area contributed by atoms with Crippen LogP contribution in [0.15, 0.2) is 18.3 Å². The molecule has 0 aliphatic rings. The lowest BCUT2D eigenvalue weighted by Crippen LogP contribution is -2.33. The third kappa shape index (κ3) is 1.30. The van der Waals surface area contributed by atoms with Crippen LogP contribution in [0.2, 0.25) is 0 Å². The largest absolute Gasteiger partial charge is 0.489 e. The van der Waals surface area contributed by atoms with Crippen LogP contribution in [0, 0.1) is 0 Å². The highest BCUT2D eigenvalue weighted by molar-refractivity contribution is 6.62. The lowest BCUT2D eigenvalue weighted by atomic mass is 9.74. The zero-order valence-electron chi connectivity index (χ0n) is 7.86. The number of H-pyrrole nitrogens is 1. The molecule has 0 bridgehead atoms. The van der Waals surface area contributed by atoms with E-state index in [-0.39, 0.29) is 0 Å². The van der Waals surface area contributed by atoms with E-state index in [4.69, 9.17) is 0 Å². The number of aryl methyl sites for hydroxylation is 1. The van der Waals surface area contributed by atoms with Gasteiger partial charge in [-0.3, -0.25) is 5.10 Å². The Labute approximate surface area is 81.7 Å². The molecule has 0 spiro atoms. The maximum atomic E-state index is 9.27. The molecular weight excluding hydrogens is 179 g/mol. The van der Waals surface area contributed by atoms with Crippen molar-refractivity contribution in [2.75, 3.05) is 0 Å². The van der Waals surface area contributed by atoms with Gasteiger partial charge in [0.05, 0.1) is 11.7 Å². The van der Waals surface area contributed by atoms with Crippen LogP contribution in [0.4, 0.5) is 0 Å². The van der Waals surface area contributed by atoms with Crippen molar-refractivity contribution in [3.05, 3.63) is 23.9 Å². The van der Waals surface area contributed by atoms with Gasteiger partial charge >= 0.3 is 7.12 Å². The Kier molecular flexibility index (Phi) is 2.27. The molecule has 0 saturated heterocycles. The first kappa shape index (κ1) is 9.24. The van der Waals surface area contributed by atoms with Gasteiger partial charge in [-0.15, -0.1) is 0 Å². The highest BCUT2D eigenvalue weighted by Gasteiger charge is 2.19. The predicted molar refractivity (Wildman–Crippen MR) is 55.3 cm³/mol. The van der Waals surface area contributed by atoms with Crippen LogP contribution in [-0.4, -0.2) is 27.4 Å². The van der Waals surface area contributed by atoms with Crippen molar-refractivity contribution in [1.29, 1.82) is 0 Å². The number of hydrogen-bond donors (Lipinski definition) is 3. The molecule has 2 rings (SSSR count). The van der Waals surface area contributed by atoms with E-state index in [0.29, 0.717) is 5.46 Å². The van der Waals surface area contributed by atoms with Crippen molar-refractivity contribution in [3.8, 4) is 0 Å². The van der Waals surface area contributed by atoms with E-state index in [1.165, 1.54) is 0 Å². The van der Waals surface area contributed by atoms with Crippen LogP contribution in [0.1, 0.15) is 12.5 Å². The van der Waals surface area contributed by atoms with Gasteiger partial charge in [-0.1, -0.05) is 13.0 Å². The first-order valence-corrected chi connectivity index (χ1v) is 4.55. The highest BCUT2D eigenvalue weighted by atomic mass is 16.4. The van der Waals surface area contributed by atoms with Gasteiger partial charge in [0.2, 0.25) is 0 Å². The van der Waals surface area contributed by atoms with Crippen molar-refractivity contribution in [3.63, 3.8) is 0 Å². The SMILES string of the molecule is CCc1ccc2[nH]ncc2c1B(O)O. The summed E-state index contributed by atoms with van der Waals surface area (Å²) in [5.74, 6) is 0.